The maximum atomic E-state index is 12.7. The first kappa shape index (κ1) is 16.5. The number of hydrogen-bond donors (Lipinski definition) is 1. The molecule has 0 saturated carbocycles. The first-order valence-corrected chi connectivity index (χ1v) is 7.88. The molecule has 0 bridgehead atoms. The van der Waals surface area contributed by atoms with Gasteiger partial charge in [-0.2, -0.15) is 0 Å². The van der Waals surface area contributed by atoms with Gasteiger partial charge in [0, 0.05) is 18.3 Å². The molecule has 0 aromatic heterocycles. The fourth-order valence-corrected chi connectivity index (χ4v) is 2.52. The van der Waals surface area contributed by atoms with Gasteiger partial charge < -0.3 is 10.1 Å². The highest BCUT2D eigenvalue weighted by molar-refractivity contribution is 6.11. The van der Waals surface area contributed by atoms with Crippen molar-refractivity contribution in [2.45, 2.75) is 0 Å². The number of anilines is 1. The van der Waals surface area contributed by atoms with Crippen molar-refractivity contribution in [1.82, 2.24) is 0 Å². The van der Waals surface area contributed by atoms with E-state index in [1.165, 1.54) is 0 Å². The summed E-state index contributed by atoms with van der Waals surface area (Å²) in [6, 6.07) is 22.7. The van der Waals surface area contributed by atoms with Crippen molar-refractivity contribution in [3.05, 3.63) is 95.6 Å². The third-order valence-electron chi connectivity index (χ3n) is 3.79. The molecular formula is C21H17NO3. The Labute approximate surface area is 146 Å². The molecule has 0 amide bonds. The number of hydrogen-bond acceptors (Lipinski definition) is 4. The van der Waals surface area contributed by atoms with Crippen LogP contribution in [0.3, 0.4) is 0 Å². The molecule has 0 saturated heterocycles. The molecule has 4 heteroatoms. The highest BCUT2D eigenvalue weighted by Crippen LogP contribution is 2.24. The Kier molecular flexibility index (Phi) is 4.90. The molecule has 0 atom stereocenters. The van der Waals surface area contributed by atoms with Crippen molar-refractivity contribution in [3.63, 3.8) is 0 Å². The van der Waals surface area contributed by atoms with E-state index in [-0.39, 0.29) is 11.5 Å². The van der Waals surface area contributed by atoms with E-state index in [0.717, 1.165) is 0 Å². The number of benzene rings is 3. The number of rotatable bonds is 5. The average Bonchev–Trinajstić information content (AvgIpc) is 2.68. The van der Waals surface area contributed by atoms with Crippen LogP contribution >= 0.6 is 0 Å². The van der Waals surface area contributed by atoms with E-state index < -0.39 is 5.97 Å². The summed E-state index contributed by atoms with van der Waals surface area (Å²) in [5.74, 6) is -0.462. The van der Waals surface area contributed by atoms with Crippen molar-refractivity contribution in [3.8, 4) is 5.75 Å². The molecule has 124 valence electrons. The molecule has 0 heterocycles. The van der Waals surface area contributed by atoms with Crippen LogP contribution in [0.1, 0.15) is 26.3 Å². The number of carbonyl (C=O) groups is 2. The van der Waals surface area contributed by atoms with Gasteiger partial charge in [-0.3, -0.25) is 4.79 Å². The maximum Gasteiger partial charge on any atom is 0.345 e. The fraction of sp³-hybridized carbons (Fsp3) is 0.0476. The van der Waals surface area contributed by atoms with E-state index in [0.29, 0.717) is 22.4 Å². The average molecular weight is 331 g/mol. The van der Waals surface area contributed by atoms with Gasteiger partial charge >= 0.3 is 5.97 Å². The molecule has 4 nitrogen and oxygen atoms in total. The van der Waals surface area contributed by atoms with Gasteiger partial charge in [0.05, 0.1) is 11.1 Å². The lowest BCUT2D eigenvalue weighted by Crippen LogP contribution is -2.13. The van der Waals surface area contributed by atoms with Crippen molar-refractivity contribution in [2.24, 2.45) is 0 Å². The predicted octanol–water partition coefficient (Wildman–Crippen LogP) is 4.18. The summed E-state index contributed by atoms with van der Waals surface area (Å²) in [5, 5.41) is 2.96. The molecule has 1 N–H and O–H groups in total. The Balaban J connectivity index is 1.91. The standard InChI is InChI=1S/C21H17NO3/c1-22-18-13-7-5-11-16(18)21(24)25-19-14-8-6-12-17(19)20(23)15-9-3-2-4-10-15/h2-14,22H,1H3. The topological polar surface area (TPSA) is 55.4 Å². The molecular weight excluding hydrogens is 314 g/mol. The monoisotopic (exact) mass is 331 g/mol. The van der Waals surface area contributed by atoms with Gasteiger partial charge in [-0.1, -0.05) is 54.6 Å². The molecule has 0 aliphatic rings. The highest BCUT2D eigenvalue weighted by Gasteiger charge is 2.18. The summed E-state index contributed by atoms with van der Waals surface area (Å²) < 4.78 is 5.52. The predicted molar refractivity (Wildman–Crippen MR) is 97.3 cm³/mol. The first-order valence-electron chi connectivity index (χ1n) is 7.88. The normalized spacial score (nSPS) is 10.1. The van der Waals surface area contributed by atoms with E-state index in [1.807, 2.05) is 12.1 Å². The minimum atomic E-state index is -0.515. The van der Waals surface area contributed by atoms with Crippen molar-refractivity contribution < 1.29 is 14.3 Å². The summed E-state index contributed by atoms with van der Waals surface area (Å²) >= 11 is 0. The zero-order chi connectivity index (χ0) is 17.6. The van der Waals surface area contributed by atoms with Crippen molar-refractivity contribution in [1.29, 1.82) is 0 Å². The fourth-order valence-electron chi connectivity index (χ4n) is 2.52. The Bertz CT molecular complexity index is 904. The second-order valence-electron chi connectivity index (χ2n) is 5.38. The van der Waals surface area contributed by atoms with E-state index in [9.17, 15) is 9.59 Å². The molecule has 0 spiro atoms. The molecule has 0 fully saturated rings. The van der Waals surface area contributed by atoms with Crippen molar-refractivity contribution >= 4 is 17.4 Å². The second kappa shape index (κ2) is 7.45. The first-order chi connectivity index (χ1) is 12.2. The molecule has 25 heavy (non-hydrogen) atoms. The van der Waals surface area contributed by atoms with Crippen LogP contribution in [-0.2, 0) is 0 Å². The van der Waals surface area contributed by atoms with Gasteiger partial charge in [0.2, 0.25) is 0 Å². The number of carbonyl (C=O) groups excluding carboxylic acids is 2. The quantitative estimate of drug-likeness (QED) is 0.433. The van der Waals surface area contributed by atoms with Crippen LogP contribution < -0.4 is 10.1 Å². The third kappa shape index (κ3) is 3.58. The van der Waals surface area contributed by atoms with Gasteiger partial charge in [-0.25, -0.2) is 4.79 Å². The van der Waals surface area contributed by atoms with Gasteiger partial charge in [0.25, 0.3) is 0 Å². The lowest BCUT2D eigenvalue weighted by Gasteiger charge is -2.11. The Morgan fingerprint density at radius 2 is 1.36 bits per heavy atom. The zero-order valence-corrected chi connectivity index (χ0v) is 13.7. The number of ketones is 1. The van der Waals surface area contributed by atoms with Gasteiger partial charge in [-0.15, -0.1) is 0 Å². The minimum Gasteiger partial charge on any atom is -0.422 e. The van der Waals surface area contributed by atoms with Crippen LogP contribution in [-0.4, -0.2) is 18.8 Å². The summed E-state index contributed by atoms with van der Waals surface area (Å²) in [4.78, 5) is 25.2. The summed E-state index contributed by atoms with van der Waals surface area (Å²) in [5.41, 5.74) is 1.97. The second-order valence-corrected chi connectivity index (χ2v) is 5.38. The highest BCUT2D eigenvalue weighted by atomic mass is 16.5. The van der Waals surface area contributed by atoms with E-state index in [2.05, 4.69) is 5.32 Å². The number of esters is 1. The molecule has 3 aromatic carbocycles. The van der Waals surface area contributed by atoms with Crippen LogP contribution in [0.2, 0.25) is 0 Å². The molecule has 0 aliphatic heterocycles. The number of nitrogens with one attached hydrogen (secondary N) is 1. The van der Waals surface area contributed by atoms with Crippen LogP contribution in [0.5, 0.6) is 5.75 Å². The van der Waals surface area contributed by atoms with E-state index in [1.54, 1.807) is 73.8 Å². The SMILES string of the molecule is CNc1ccccc1C(=O)Oc1ccccc1C(=O)c1ccccc1. The molecule has 3 rings (SSSR count). The summed E-state index contributed by atoms with van der Waals surface area (Å²) in [6.07, 6.45) is 0. The minimum absolute atomic E-state index is 0.189. The third-order valence-corrected chi connectivity index (χ3v) is 3.79. The maximum absolute atomic E-state index is 12.7. The van der Waals surface area contributed by atoms with Gasteiger partial charge in [0.1, 0.15) is 5.75 Å². The largest absolute Gasteiger partial charge is 0.422 e. The zero-order valence-electron chi connectivity index (χ0n) is 13.7. The number of para-hydroxylation sites is 2. The number of ether oxygens (including phenoxy) is 1. The van der Waals surface area contributed by atoms with Crippen LogP contribution in [0, 0.1) is 0 Å². The van der Waals surface area contributed by atoms with Gasteiger partial charge in [0.15, 0.2) is 5.78 Å². The Morgan fingerprint density at radius 1 is 0.760 bits per heavy atom. The Hall–Kier alpha value is -3.40. The summed E-state index contributed by atoms with van der Waals surface area (Å²) in [7, 11) is 1.74. The van der Waals surface area contributed by atoms with Crippen LogP contribution in [0.15, 0.2) is 78.9 Å². The van der Waals surface area contributed by atoms with Crippen LogP contribution in [0.25, 0.3) is 0 Å². The van der Waals surface area contributed by atoms with Crippen molar-refractivity contribution in [2.75, 3.05) is 12.4 Å². The van der Waals surface area contributed by atoms with Crippen LogP contribution in [0.4, 0.5) is 5.69 Å². The Morgan fingerprint density at radius 3 is 2.08 bits per heavy atom. The van der Waals surface area contributed by atoms with E-state index >= 15 is 0 Å². The smallest absolute Gasteiger partial charge is 0.345 e. The lowest BCUT2D eigenvalue weighted by atomic mass is 10.0. The van der Waals surface area contributed by atoms with E-state index in [4.69, 9.17) is 4.74 Å². The lowest BCUT2D eigenvalue weighted by molar-refractivity contribution is 0.0734. The van der Waals surface area contributed by atoms with Gasteiger partial charge in [-0.05, 0) is 24.3 Å². The molecule has 3 aromatic rings. The molecule has 0 aliphatic carbocycles. The molecule has 0 unspecified atom stereocenters. The molecule has 0 radical (unpaired) electrons. The summed E-state index contributed by atoms with van der Waals surface area (Å²) in [6.45, 7) is 0.